The molecule has 1 aliphatic rings. The molecule has 2 aromatic carbocycles. The molecule has 3 atom stereocenters. The van der Waals surface area contributed by atoms with E-state index >= 15 is 0 Å². The summed E-state index contributed by atoms with van der Waals surface area (Å²) in [5, 5.41) is 30.2. The molecule has 1 saturated heterocycles. The summed E-state index contributed by atoms with van der Waals surface area (Å²) in [6, 6.07) is 11.3. The predicted octanol–water partition coefficient (Wildman–Crippen LogP) is 1.87. The minimum absolute atomic E-state index is 0.0788. The number of aliphatic carboxylic acids is 1. The Morgan fingerprint density at radius 2 is 1.58 bits per heavy atom. The number of carboxylic acids is 1. The van der Waals surface area contributed by atoms with Crippen LogP contribution in [-0.4, -0.2) is 55.8 Å². The number of hydrogen-bond donors (Lipinski definition) is 5. The first-order chi connectivity index (χ1) is 14.8. The number of benzene rings is 2. The van der Waals surface area contributed by atoms with Crippen LogP contribution in [0.2, 0.25) is 0 Å². The normalized spacial score (nSPS) is 19.1. The van der Waals surface area contributed by atoms with Gasteiger partial charge in [-0.2, -0.15) is 12.6 Å². The number of hydrogen-bond acceptors (Lipinski definition) is 6. The Hall–Kier alpha value is -3.20. The Balaban J connectivity index is 1.64. The maximum absolute atomic E-state index is 12.9. The van der Waals surface area contributed by atoms with E-state index in [4.69, 9.17) is 0 Å². The lowest BCUT2D eigenvalue weighted by molar-refractivity contribution is -0.149. The highest BCUT2D eigenvalue weighted by Gasteiger charge is 2.41. The van der Waals surface area contributed by atoms with Crippen molar-refractivity contribution in [2.75, 3.05) is 6.54 Å². The van der Waals surface area contributed by atoms with Crippen molar-refractivity contribution in [1.29, 1.82) is 0 Å². The first kappa shape index (κ1) is 22.5. The molecule has 2 unspecified atom stereocenters. The summed E-state index contributed by atoms with van der Waals surface area (Å²) in [5.41, 5.74) is 1.53. The van der Waals surface area contributed by atoms with Gasteiger partial charge < -0.3 is 25.5 Å². The summed E-state index contributed by atoms with van der Waals surface area (Å²) in [6.07, 6.45) is 1.08. The first-order valence-electron chi connectivity index (χ1n) is 9.83. The lowest BCUT2D eigenvalue weighted by Gasteiger charge is -2.29. The number of nitrogens with one attached hydrogen (secondary N) is 1. The molecule has 3 rings (SSSR count). The van der Waals surface area contributed by atoms with Gasteiger partial charge in [0.1, 0.15) is 17.5 Å². The highest BCUT2D eigenvalue weighted by molar-refractivity contribution is 7.81. The third-order valence-corrected chi connectivity index (χ3v) is 5.73. The van der Waals surface area contributed by atoms with Gasteiger partial charge in [0.2, 0.25) is 11.8 Å². The molecule has 164 valence electrons. The Kier molecular flexibility index (Phi) is 7.06. The predicted molar refractivity (Wildman–Crippen MR) is 116 cm³/mol. The van der Waals surface area contributed by atoms with Crippen LogP contribution in [0.5, 0.6) is 11.5 Å². The zero-order chi connectivity index (χ0) is 22.5. The van der Waals surface area contributed by atoms with E-state index in [9.17, 15) is 29.7 Å². The Labute approximate surface area is 184 Å². The van der Waals surface area contributed by atoms with E-state index in [1.54, 1.807) is 24.3 Å². The second kappa shape index (κ2) is 9.74. The Morgan fingerprint density at radius 3 is 2.16 bits per heavy atom. The van der Waals surface area contributed by atoms with Crippen LogP contribution in [-0.2, 0) is 20.8 Å². The van der Waals surface area contributed by atoms with Crippen LogP contribution < -0.4 is 5.32 Å². The number of carbonyl (C=O) groups is 3. The fourth-order valence-corrected chi connectivity index (χ4v) is 4.05. The number of likely N-dealkylation sites (tertiary alicyclic amines) is 1. The molecule has 2 aromatic rings. The van der Waals surface area contributed by atoms with Crippen LogP contribution in [0.3, 0.4) is 0 Å². The number of thiol groups is 1. The van der Waals surface area contributed by atoms with Crippen LogP contribution in [0.1, 0.15) is 30.0 Å². The van der Waals surface area contributed by atoms with Crippen molar-refractivity contribution >= 4 is 30.4 Å². The van der Waals surface area contributed by atoms with E-state index in [0.29, 0.717) is 19.3 Å². The lowest BCUT2D eigenvalue weighted by atomic mass is 10.0. The molecule has 8 nitrogen and oxygen atoms in total. The fraction of sp³-hybridized carbons (Fsp3) is 0.318. The molecular formula is C22H24N2O6S. The van der Waals surface area contributed by atoms with Gasteiger partial charge in [0.05, 0.1) is 17.8 Å². The molecular weight excluding hydrogens is 420 g/mol. The molecule has 1 fully saturated rings. The third-order valence-electron chi connectivity index (χ3n) is 5.32. The van der Waals surface area contributed by atoms with E-state index in [0.717, 1.165) is 11.1 Å². The topological polar surface area (TPSA) is 127 Å². The number of phenols is 2. The third kappa shape index (κ3) is 5.49. The molecule has 4 N–H and O–H groups in total. The van der Waals surface area contributed by atoms with Gasteiger partial charge in [-0.1, -0.05) is 24.3 Å². The van der Waals surface area contributed by atoms with Crippen molar-refractivity contribution in [3.63, 3.8) is 0 Å². The summed E-state index contributed by atoms with van der Waals surface area (Å²) in [4.78, 5) is 38.2. The van der Waals surface area contributed by atoms with Crippen molar-refractivity contribution in [1.82, 2.24) is 10.2 Å². The number of nitrogens with zero attached hydrogens (tertiary/aromatic N) is 1. The number of carbonyl (C=O) groups excluding carboxylic acids is 2. The average Bonchev–Trinajstić information content (AvgIpc) is 3.19. The molecule has 0 radical (unpaired) electrons. The van der Waals surface area contributed by atoms with Gasteiger partial charge in [0.15, 0.2) is 0 Å². The van der Waals surface area contributed by atoms with Crippen LogP contribution in [0.25, 0.3) is 0 Å². The number of carboxylic acid groups (broad SMARTS) is 1. The van der Waals surface area contributed by atoms with Gasteiger partial charge in [-0.25, -0.2) is 4.79 Å². The Bertz CT molecular complexity index is 947. The van der Waals surface area contributed by atoms with E-state index < -0.39 is 35.1 Å². The van der Waals surface area contributed by atoms with Crippen molar-refractivity contribution in [3.05, 3.63) is 59.7 Å². The van der Waals surface area contributed by atoms with Gasteiger partial charge in [0.25, 0.3) is 0 Å². The van der Waals surface area contributed by atoms with Gasteiger partial charge in [0, 0.05) is 0 Å². The van der Waals surface area contributed by atoms with Crippen molar-refractivity contribution in [2.24, 2.45) is 0 Å². The van der Waals surface area contributed by atoms with Crippen molar-refractivity contribution in [2.45, 2.75) is 36.6 Å². The summed E-state index contributed by atoms with van der Waals surface area (Å²) in [5.74, 6) is -1.84. The summed E-state index contributed by atoms with van der Waals surface area (Å²) >= 11 is 4.29. The van der Waals surface area contributed by atoms with Crippen LogP contribution >= 0.6 is 12.6 Å². The Morgan fingerprint density at radius 1 is 1.00 bits per heavy atom. The number of phenolic OH excluding ortho intramolecular Hbond substituents is 2. The minimum atomic E-state index is -1.10. The molecule has 2 amide bonds. The highest BCUT2D eigenvalue weighted by Crippen LogP contribution is 2.36. The number of rotatable bonds is 7. The second-order valence-electron chi connectivity index (χ2n) is 7.44. The van der Waals surface area contributed by atoms with E-state index in [-0.39, 0.29) is 18.0 Å². The molecule has 31 heavy (non-hydrogen) atoms. The zero-order valence-corrected chi connectivity index (χ0v) is 17.5. The lowest BCUT2D eigenvalue weighted by Crippen LogP contribution is -2.47. The molecule has 0 saturated carbocycles. The van der Waals surface area contributed by atoms with E-state index in [1.807, 2.05) is 0 Å². The largest absolute Gasteiger partial charge is 0.508 e. The smallest absolute Gasteiger partial charge is 0.326 e. The van der Waals surface area contributed by atoms with Crippen LogP contribution in [0.15, 0.2) is 48.5 Å². The quantitative estimate of drug-likeness (QED) is 0.415. The molecule has 0 aromatic heterocycles. The minimum Gasteiger partial charge on any atom is -0.508 e. The SMILES string of the molecule is O=C(O)C1CCC(c2ccc(O)cc2)N1C(=O)CNC(=O)[C@@H](S)Cc1ccc(O)cc1. The van der Waals surface area contributed by atoms with Gasteiger partial charge in [-0.05, 0) is 54.7 Å². The van der Waals surface area contributed by atoms with Crippen molar-refractivity contribution in [3.8, 4) is 11.5 Å². The standard InChI is InChI=1S/C22H24N2O6S/c25-15-5-1-13(2-6-15)11-19(31)21(28)23-12-20(27)24-17(9-10-18(24)22(29)30)14-3-7-16(26)8-4-14/h1-8,17-19,25-26,31H,9-12H2,(H,23,28)(H,29,30)/t17?,18?,19-/m0/s1. The van der Waals surface area contributed by atoms with E-state index in [2.05, 4.69) is 17.9 Å². The van der Waals surface area contributed by atoms with Crippen LogP contribution in [0.4, 0.5) is 0 Å². The monoisotopic (exact) mass is 444 g/mol. The van der Waals surface area contributed by atoms with Gasteiger partial charge in [-0.15, -0.1) is 0 Å². The summed E-state index contributed by atoms with van der Waals surface area (Å²) in [7, 11) is 0. The molecule has 9 heteroatoms. The summed E-state index contributed by atoms with van der Waals surface area (Å²) in [6.45, 7) is -0.343. The fourth-order valence-electron chi connectivity index (χ4n) is 3.74. The van der Waals surface area contributed by atoms with Gasteiger partial charge in [-0.3, -0.25) is 9.59 Å². The number of amides is 2. The van der Waals surface area contributed by atoms with E-state index in [1.165, 1.54) is 29.2 Å². The second-order valence-corrected chi connectivity index (χ2v) is 8.07. The van der Waals surface area contributed by atoms with Crippen LogP contribution in [0, 0.1) is 0 Å². The first-order valence-corrected chi connectivity index (χ1v) is 10.3. The molecule has 0 aliphatic carbocycles. The average molecular weight is 445 g/mol. The molecule has 0 spiro atoms. The highest BCUT2D eigenvalue weighted by atomic mass is 32.1. The zero-order valence-electron chi connectivity index (χ0n) is 16.6. The molecule has 0 bridgehead atoms. The number of aromatic hydroxyl groups is 2. The van der Waals surface area contributed by atoms with Crippen molar-refractivity contribution < 1.29 is 29.7 Å². The molecule has 1 aliphatic heterocycles. The maximum atomic E-state index is 12.9. The maximum Gasteiger partial charge on any atom is 0.326 e. The van der Waals surface area contributed by atoms with Gasteiger partial charge >= 0.3 is 5.97 Å². The molecule has 1 heterocycles. The summed E-state index contributed by atoms with van der Waals surface area (Å²) < 4.78 is 0.